The summed E-state index contributed by atoms with van der Waals surface area (Å²) in [6, 6.07) is 13.1. The maximum atomic E-state index is 13.4. The summed E-state index contributed by atoms with van der Waals surface area (Å²) in [6.45, 7) is 2.22. The Bertz CT molecular complexity index is 894. The summed E-state index contributed by atoms with van der Waals surface area (Å²) in [4.78, 5) is 28.2. The lowest BCUT2D eigenvalue weighted by Gasteiger charge is -2.33. The summed E-state index contributed by atoms with van der Waals surface area (Å²) < 4.78 is 18.6. The summed E-state index contributed by atoms with van der Waals surface area (Å²) in [7, 11) is 1.60. The van der Waals surface area contributed by atoms with Crippen molar-refractivity contribution in [3.8, 4) is 5.75 Å². The zero-order chi connectivity index (χ0) is 22.9. The molecule has 1 aliphatic carbocycles. The number of methoxy groups -OCH3 is 1. The van der Waals surface area contributed by atoms with Crippen LogP contribution in [0.5, 0.6) is 5.75 Å². The number of nitrogens with one attached hydrogen (secondary N) is 1. The third-order valence-electron chi connectivity index (χ3n) is 6.09. The molecule has 3 rings (SSSR count). The monoisotopic (exact) mass is 440 g/mol. The van der Waals surface area contributed by atoms with Crippen molar-refractivity contribution in [2.45, 2.75) is 70.5 Å². The average molecular weight is 441 g/mol. The molecule has 0 heterocycles. The van der Waals surface area contributed by atoms with E-state index in [1.54, 1.807) is 24.1 Å². The minimum absolute atomic E-state index is 0.102. The van der Waals surface area contributed by atoms with E-state index in [-0.39, 0.29) is 30.1 Å². The number of halogens is 1. The molecule has 2 amide bonds. The lowest BCUT2D eigenvalue weighted by Crippen LogP contribution is -2.51. The van der Waals surface area contributed by atoms with Crippen LogP contribution >= 0.6 is 0 Å². The molecule has 0 aromatic heterocycles. The van der Waals surface area contributed by atoms with Crippen molar-refractivity contribution in [3.63, 3.8) is 0 Å². The number of hydrogen-bond donors (Lipinski definition) is 1. The van der Waals surface area contributed by atoms with Crippen LogP contribution in [0, 0.1) is 5.82 Å². The zero-order valence-electron chi connectivity index (χ0n) is 19.0. The summed E-state index contributed by atoms with van der Waals surface area (Å²) in [6.07, 6.45) is 6.05. The van der Waals surface area contributed by atoms with Crippen molar-refractivity contribution in [1.82, 2.24) is 10.2 Å². The van der Waals surface area contributed by atoms with Crippen LogP contribution < -0.4 is 10.1 Å². The van der Waals surface area contributed by atoms with Gasteiger partial charge in [0.1, 0.15) is 17.6 Å². The molecule has 0 radical (unpaired) electrons. The molecule has 1 fully saturated rings. The highest BCUT2D eigenvalue weighted by atomic mass is 19.1. The highest BCUT2D eigenvalue weighted by Crippen LogP contribution is 2.21. The summed E-state index contributed by atoms with van der Waals surface area (Å²) in [5.41, 5.74) is 1.61. The second-order valence-corrected chi connectivity index (χ2v) is 8.44. The molecular formula is C26H33FN2O3. The molecule has 1 atom stereocenters. The van der Waals surface area contributed by atoms with E-state index in [9.17, 15) is 14.0 Å². The van der Waals surface area contributed by atoms with E-state index >= 15 is 0 Å². The molecular weight excluding hydrogens is 407 g/mol. The van der Waals surface area contributed by atoms with E-state index in [1.165, 1.54) is 18.6 Å². The fourth-order valence-electron chi connectivity index (χ4n) is 4.31. The molecule has 2 aromatic carbocycles. The molecule has 0 spiro atoms. The Morgan fingerprint density at radius 2 is 1.81 bits per heavy atom. The largest absolute Gasteiger partial charge is 0.497 e. The molecule has 6 heteroatoms. The third-order valence-corrected chi connectivity index (χ3v) is 6.09. The van der Waals surface area contributed by atoms with Gasteiger partial charge in [0.05, 0.1) is 13.5 Å². The van der Waals surface area contributed by atoms with Crippen LogP contribution in [0.3, 0.4) is 0 Å². The van der Waals surface area contributed by atoms with Crippen LogP contribution in [0.4, 0.5) is 4.39 Å². The molecule has 172 valence electrons. The minimum atomic E-state index is -0.573. The fraction of sp³-hybridized carbons (Fsp3) is 0.462. The molecule has 0 aliphatic heterocycles. The quantitative estimate of drug-likeness (QED) is 0.618. The van der Waals surface area contributed by atoms with Gasteiger partial charge in [-0.3, -0.25) is 9.59 Å². The molecule has 0 bridgehead atoms. The fourth-order valence-corrected chi connectivity index (χ4v) is 4.31. The van der Waals surface area contributed by atoms with Crippen molar-refractivity contribution in [2.24, 2.45) is 0 Å². The van der Waals surface area contributed by atoms with Crippen molar-refractivity contribution in [3.05, 3.63) is 65.5 Å². The van der Waals surface area contributed by atoms with Crippen molar-refractivity contribution < 1.29 is 18.7 Å². The van der Waals surface area contributed by atoms with Crippen molar-refractivity contribution in [1.29, 1.82) is 0 Å². The highest BCUT2D eigenvalue weighted by molar-refractivity contribution is 5.88. The van der Waals surface area contributed by atoms with E-state index in [2.05, 4.69) is 5.32 Å². The van der Waals surface area contributed by atoms with Crippen LogP contribution in [-0.2, 0) is 22.6 Å². The number of benzene rings is 2. The Balaban J connectivity index is 1.81. The first kappa shape index (κ1) is 23.8. The van der Waals surface area contributed by atoms with Gasteiger partial charge in [0, 0.05) is 12.6 Å². The second-order valence-electron chi connectivity index (χ2n) is 8.44. The van der Waals surface area contributed by atoms with E-state index in [0.717, 1.165) is 36.8 Å². The Morgan fingerprint density at radius 3 is 2.47 bits per heavy atom. The smallest absolute Gasteiger partial charge is 0.243 e. The maximum Gasteiger partial charge on any atom is 0.243 e. The van der Waals surface area contributed by atoms with E-state index < -0.39 is 6.04 Å². The third kappa shape index (κ3) is 6.55. The van der Waals surface area contributed by atoms with Crippen LogP contribution in [0.2, 0.25) is 0 Å². The van der Waals surface area contributed by atoms with Gasteiger partial charge in [-0.05, 0) is 54.7 Å². The Labute approximate surface area is 190 Å². The predicted molar refractivity (Wildman–Crippen MR) is 123 cm³/mol. The number of rotatable bonds is 9. The molecule has 0 saturated heterocycles. The molecule has 1 N–H and O–H groups in total. The van der Waals surface area contributed by atoms with Crippen molar-refractivity contribution in [2.75, 3.05) is 7.11 Å². The van der Waals surface area contributed by atoms with Gasteiger partial charge in [-0.15, -0.1) is 0 Å². The van der Waals surface area contributed by atoms with E-state index in [1.807, 2.05) is 31.2 Å². The highest BCUT2D eigenvalue weighted by Gasteiger charge is 2.30. The Hall–Kier alpha value is -2.89. The zero-order valence-corrected chi connectivity index (χ0v) is 19.0. The van der Waals surface area contributed by atoms with Gasteiger partial charge < -0.3 is 15.0 Å². The van der Waals surface area contributed by atoms with Gasteiger partial charge in [0.15, 0.2) is 0 Å². The first-order valence-corrected chi connectivity index (χ1v) is 11.5. The molecule has 5 nitrogen and oxygen atoms in total. The summed E-state index contributed by atoms with van der Waals surface area (Å²) in [5, 5.41) is 3.18. The molecule has 32 heavy (non-hydrogen) atoms. The van der Waals surface area contributed by atoms with Gasteiger partial charge >= 0.3 is 0 Å². The van der Waals surface area contributed by atoms with Crippen LogP contribution in [0.25, 0.3) is 0 Å². The summed E-state index contributed by atoms with van der Waals surface area (Å²) in [5.74, 6) is 0.0979. The number of amides is 2. The molecule has 0 unspecified atom stereocenters. The number of ether oxygens (including phenoxy) is 1. The number of carbonyl (C=O) groups excluding carboxylic acids is 2. The lowest BCUT2D eigenvalue weighted by molar-refractivity contribution is -0.141. The van der Waals surface area contributed by atoms with Gasteiger partial charge in [0.2, 0.25) is 11.8 Å². The standard InChI is InChI=1S/C26H33FN2O3/c1-3-24(26(31)28-22-9-5-4-6-10-22)29(18-20-8-7-11-23(16-20)32-2)25(30)17-19-12-14-21(27)15-13-19/h7-8,11-16,22,24H,3-6,9-10,17-18H2,1-2H3,(H,28,31)/t24-/m1/s1. The SMILES string of the molecule is CC[C@H](C(=O)NC1CCCCC1)N(Cc1cccc(OC)c1)C(=O)Cc1ccc(F)cc1. The molecule has 1 saturated carbocycles. The Kier molecular flexibility index (Phi) is 8.65. The molecule has 2 aromatic rings. The van der Waals surface area contributed by atoms with Crippen LogP contribution in [-0.4, -0.2) is 35.9 Å². The summed E-state index contributed by atoms with van der Waals surface area (Å²) >= 11 is 0. The number of hydrogen-bond acceptors (Lipinski definition) is 3. The number of carbonyl (C=O) groups is 2. The first-order valence-electron chi connectivity index (χ1n) is 11.5. The van der Waals surface area contributed by atoms with Crippen molar-refractivity contribution >= 4 is 11.8 Å². The van der Waals surface area contributed by atoms with Gasteiger partial charge in [-0.1, -0.05) is 50.5 Å². The van der Waals surface area contributed by atoms with E-state index in [4.69, 9.17) is 4.74 Å². The molecule has 1 aliphatic rings. The van der Waals surface area contributed by atoms with Gasteiger partial charge in [-0.25, -0.2) is 4.39 Å². The average Bonchev–Trinajstić information content (AvgIpc) is 2.81. The lowest BCUT2D eigenvalue weighted by atomic mass is 9.95. The van der Waals surface area contributed by atoms with Gasteiger partial charge in [-0.2, -0.15) is 0 Å². The maximum absolute atomic E-state index is 13.4. The minimum Gasteiger partial charge on any atom is -0.497 e. The van der Waals surface area contributed by atoms with Crippen LogP contribution in [0.1, 0.15) is 56.6 Å². The predicted octanol–water partition coefficient (Wildman–Crippen LogP) is 4.63. The Morgan fingerprint density at radius 1 is 1.09 bits per heavy atom. The van der Waals surface area contributed by atoms with Crippen LogP contribution in [0.15, 0.2) is 48.5 Å². The normalized spacial score (nSPS) is 15.1. The second kappa shape index (κ2) is 11.7. The first-order chi connectivity index (χ1) is 15.5. The van der Waals surface area contributed by atoms with E-state index in [0.29, 0.717) is 18.7 Å². The van der Waals surface area contributed by atoms with Gasteiger partial charge in [0.25, 0.3) is 0 Å². The number of nitrogens with zero attached hydrogens (tertiary/aromatic N) is 1. The topological polar surface area (TPSA) is 58.6 Å².